The lowest BCUT2D eigenvalue weighted by molar-refractivity contribution is -0.142. The molecule has 0 aliphatic heterocycles. The summed E-state index contributed by atoms with van der Waals surface area (Å²) in [6.07, 6.45) is -0.974. The average Bonchev–Trinajstić information content (AvgIpc) is 2.41. The lowest BCUT2D eigenvalue weighted by Gasteiger charge is -2.21. The third-order valence-corrected chi connectivity index (χ3v) is 3.08. The molecule has 0 fully saturated rings. The smallest absolute Gasteiger partial charge is 0.308 e. The van der Waals surface area contributed by atoms with Crippen LogP contribution in [0.4, 0.5) is 8.78 Å². The van der Waals surface area contributed by atoms with Gasteiger partial charge < -0.3 is 15.2 Å². The van der Waals surface area contributed by atoms with Crippen LogP contribution in [0, 0.1) is 17.6 Å². The lowest BCUT2D eigenvalue weighted by Crippen LogP contribution is -2.45. The number of carboxylic acid groups (broad SMARTS) is 1. The van der Waals surface area contributed by atoms with E-state index in [1.54, 1.807) is 6.92 Å². The molecule has 116 valence electrons. The predicted molar refractivity (Wildman–Crippen MR) is 70.9 cm³/mol. The van der Waals surface area contributed by atoms with Crippen LogP contribution in [-0.2, 0) is 9.59 Å². The number of benzene rings is 1. The van der Waals surface area contributed by atoms with Gasteiger partial charge in [-0.3, -0.25) is 9.59 Å². The number of nitrogens with one attached hydrogen (secondary N) is 1. The molecule has 3 atom stereocenters. The molecule has 0 radical (unpaired) electrons. The molecular formula is C14H17F2NO4. The van der Waals surface area contributed by atoms with E-state index in [4.69, 9.17) is 9.84 Å². The van der Waals surface area contributed by atoms with Gasteiger partial charge in [0.2, 0.25) is 0 Å². The van der Waals surface area contributed by atoms with Crippen LogP contribution in [0.25, 0.3) is 0 Å². The molecule has 5 nitrogen and oxygen atoms in total. The van der Waals surface area contributed by atoms with Crippen molar-refractivity contribution in [1.29, 1.82) is 0 Å². The largest absolute Gasteiger partial charge is 0.481 e. The van der Waals surface area contributed by atoms with Crippen molar-refractivity contribution in [3.05, 3.63) is 29.8 Å². The lowest BCUT2D eigenvalue weighted by atomic mass is 10.0. The Hall–Kier alpha value is -2.18. The first kappa shape index (κ1) is 16.9. The van der Waals surface area contributed by atoms with Gasteiger partial charge in [0.25, 0.3) is 5.91 Å². The second kappa shape index (κ2) is 7.01. The molecule has 1 aromatic rings. The third kappa shape index (κ3) is 4.70. The number of carbonyl (C=O) groups is 2. The Bertz CT molecular complexity index is 536. The van der Waals surface area contributed by atoms with Crippen molar-refractivity contribution in [3.63, 3.8) is 0 Å². The minimum absolute atomic E-state index is 0.00971. The zero-order valence-electron chi connectivity index (χ0n) is 11.9. The van der Waals surface area contributed by atoms with E-state index in [2.05, 4.69) is 5.32 Å². The number of carbonyl (C=O) groups excluding carboxylic acids is 1. The normalized spacial score (nSPS) is 14.9. The van der Waals surface area contributed by atoms with Crippen LogP contribution < -0.4 is 10.1 Å². The first-order valence-corrected chi connectivity index (χ1v) is 6.37. The van der Waals surface area contributed by atoms with E-state index in [1.165, 1.54) is 19.9 Å². The van der Waals surface area contributed by atoms with Crippen LogP contribution in [0.3, 0.4) is 0 Å². The molecule has 0 aliphatic rings. The fourth-order valence-corrected chi connectivity index (χ4v) is 1.49. The Morgan fingerprint density at radius 1 is 1.19 bits per heavy atom. The summed E-state index contributed by atoms with van der Waals surface area (Å²) in [4.78, 5) is 22.6. The van der Waals surface area contributed by atoms with Gasteiger partial charge in [0.1, 0.15) is 5.75 Å². The Labute approximate surface area is 120 Å². The Morgan fingerprint density at radius 3 is 2.33 bits per heavy atom. The van der Waals surface area contributed by atoms with Gasteiger partial charge in [-0.05, 0) is 32.9 Å². The second-order valence-corrected chi connectivity index (χ2v) is 4.76. The van der Waals surface area contributed by atoms with E-state index in [9.17, 15) is 18.4 Å². The van der Waals surface area contributed by atoms with Crippen molar-refractivity contribution in [3.8, 4) is 5.75 Å². The number of hydrogen-bond donors (Lipinski definition) is 2. The Kier molecular flexibility index (Phi) is 5.63. The van der Waals surface area contributed by atoms with Crippen LogP contribution in [0.1, 0.15) is 20.8 Å². The zero-order chi connectivity index (χ0) is 16.2. The summed E-state index contributed by atoms with van der Waals surface area (Å²) < 4.78 is 31.0. The highest BCUT2D eigenvalue weighted by molar-refractivity contribution is 5.82. The van der Waals surface area contributed by atoms with E-state index < -0.39 is 41.6 Å². The molecule has 0 saturated heterocycles. The molecular weight excluding hydrogens is 284 g/mol. The van der Waals surface area contributed by atoms with Crippen molar-refractivity contribution in [2.75, 3.05) is 0 Å². The molecule has 21 heavy (non-hydrogen) atoms. The predicted octanol–water partition coefficient (Wildman–Crippen LogP) is 1.96. The van der Waals surface area contributed by atoms with Crippen LogP contribution in [-0.4, -0.2) is 29.1 Å². The van der Waals surface area contributed by atoms with Crippen LogP contribution >= 0.6 is 0 Å². The molecule has 3 unspecified atom stereocenters. The molecule has 0 heterocycles. The monoisotopic (exact) mass is 301 g/mol. The van der Waals surface area contributed by atoms with E-state index in [0.29, 0.717) is 0 Å². The maximum Gasteiger partial charge on any atom is 0.308 e. The highest BCUT2D eigenvalue weighted by Gasteiger charge is 2.24. The maximum atomic E-state index is 13.0. The van der Waals surface area contributed by atoms with Gasteiger partial charge in [-0.15, -0.1) is 0 Å². The van der Waals surface area contributed by atoms with Crippen molar-refractivity contribution < 1.29 is 28.2 Å². The summed E-state index contributed by atoms with van der Waals surface area (Å²) in [6, 6.07) is 2.34. The van der Waals surface area contributed by atoms with Gasteiger partial charge in [0.05, 0.1) is 5.92 Å². The number of carboxylic acids is 1. The summed E-state index contributed by atoms with van der Waals surface area (Å²) in [5.41, 5.74) is 0. The summed E-state index contributed by atoms with van der Waals surface area (Å²) >= 11 is 0. The van der Waals surface area contributed by atoms with Crippen molar-refractivity contribution in [1.82, 2.24) is 5.32 Å². The first-order valence-electron chi connectivity index (χ1n) is 6.37. The number of rotatable bonds is 6. The maximum absolute atomic E-state index is 13.0. The molecule has 0 aromatic heterocycles. The fourth-order valence-electron chi connectivity index (χ4n) is 1.49. The second-order valence-electron chi connectivity index (χ2n) is 4.76. The molecule has 1 amide bonds. The van der Waals surface area contributed by atoms with Crippen LogP contribution in [0.2, 0.25) is 0 Å². The van der Waals surface area contributed by atoms with Crippen LogP contribution in [0.15, 0.2) is 18.2 Å². The molecule has 1 rings (SSSR count). The third-order valence-electron chi connectivity index (χ3n) is 3.08. The number of halogens is 2. The van der Waals surface area contributed by atoms with E-state index >= 15 is 0 Å². The minimum atomic E-state index is -1.08. The zero-order valence-corrected chi connectivity index (χ0v) is 11.9. The first-order chi connectivity index (χ1) is 9.72. The number of ether oxygens (including phenoxy) is 1. The highest BCUT2D eigenvalue weighted by Crippen LogP contribution is 2.17. The quantitative estimate of drug-likeness (QED) is 0.842. The van der Waals surface area contributed by atoms with Gasteiger partial charge in [0.15, 0.2) is 17.7 Å². The highest BCUT2D eigenvalue weighted by atomic mass is 19.2. The number of hydrogen-bond acceptors (Lipinski definition) is 3. The number of amides is 1. The minimum Gasteiger partial charge on any atom is -0.481 e. The van der Waals surface area contributed by atoms with E-state index in [0.717, 1.165) is 12.1 Å². The van der Waals surface area contributed by atoms with Gasteiger partial charge in [-0.1, -0.05) is 0 Å². The molecule has 0 bridgehead atoms. The molecule has 1 aromatic carbocycles. The molecule has 2 N–H and O–H groups in total. The van der Waals surface area contributed by atoms with Gasteiger partial charge in [-0.25, -0.2) is 8.78 Å². The number of aliphatic carboxylic acids is 1. The Balaban J connectivity index is 2.62. The van der Waals surface area contributed by atoms with Crippen LogP contribution in [0.5, 0.6) is 5.75 Å². The fraction of sp³-hybridized carbons (Fsp3) is 0.429. The van der Waals surface area contributed by atoms with Gasteiger partial charge >= 0.3 is 5.97 Å². The van der Waals surface area contributed by atoms with Crippen molar-refractivity contribution in [2.45, 2.75) is 32.9 Å². The topological polar surface area (TPSA) is 75.6 Å². The summed E-state index contributed by atoms with van der Waals surface area (Å²) in [7, 11) is 0. The summed E-state index contributed by atoms with van der Waals surface area (Å²) in [6.45, 7) is 4.45. The van der Waals surface area contributed by atoms with Gasteiger partial charge in [0, 0.05) is 12.1 Å². The van der Waals surface area contributed by atoms with E-state index in [-0.39, 0.29) is 5.75 Å². The van der Waals surface area contributed by atoms with Crippen molar-refractivity contribution in [2.24, 2.45) is 5.92 Å². The standard InChI is InChI=1S/C14H17F2NO4/c1-7(14(19)20)8(2)17-13(18)9(3)21-10-4-5-11(15)12(16)6-10/h4-9H,1-3H3,(H,17,18)(H,19,20). The van der Waals surface area contributed by atoms with Gasteiger partial charge in [-0.2, -0.15) is 0 Å². The Morgan fingerprint density at radius 2 is 1.81 bits per heavy atom. The molecule has 0 aliphatic carbocycles. The molecule has 7 heteroatoms. The molecule has 0 spiro atoms. The molecule has 0 saturated carbocycles. The SMILES string of the molecule is CC(Oc1ccc(F)c(F)c1)C(=O)NC(C)C(C)C(=O)O. The van der Waals surface area contributed by atoms with Crippen molar-refractivity contribution >= 4 is 11.9 Å². The summed E-state index contributed by atoms with van der Waals surface area (Å²) in [5, 5.41) is 11.3. The van der Waals surface area contributed by atoms with E-state index in [1.807, 2.05) is 0 Å². The average molecular weight is 301 g/mol. The summed E-state index contributed by atoms with van der Waals surface area (Å²) in [5.74, 6) is -4.41.